The second kappa shape index (κ2) is 10.00. The van der Waals surface area contributed by atoms with Crippen LogP contribution in [0.25, 0.3) is 0 Å². The Balaban J connectivity index is 1.36. The minimum atomic E-state index is -0.0745. The maximum Gasteiger partial charge on any atom is 0.147 e. The first-order chi connectivity index (χ1) is 16.0. The molecule has 2 aromatic rings. The Morgan fingerprint density at radius 2 is 0.912 bits per heavy atom. The first-order valence-electron chi connectivity index (χ1n) is 13.8. The SMILES string of the molecule is CC(C(=O)C(C)c1ccc(C2CCC(C)(C)CC2)cc1)c1ccc(C2CCC(C)(C)CC2)cc1. The molecule has 0 bridgehead atoms. The fourth-order valence-corrected chi connectivity index (χ4v) is 6.28. The van der Waals surface area contributed by atoms with Crippen LogP contribution in [-0.4, -0.2) is 5.78 Å². The Kier molecular flexibility index (Phi) is 7.41. The van der Waals surface area contributed by atoms with Gasteiger partial charge in [-0.3, -0.25) is 4.79 Å². The molecule has 184 valence electrons. The molecule has 2 atom stereocenters. The molecule has 2 unspecified atom stereocenters. The first-order valence-corrected chi connectivity index (χ1v) is 13.8. The number of rotatable bonds is 6. The lowest BCUT2D eigenvalue weighted by molar-refractivity contribution is -0.121. The zero-order chi connectivity index (χ0) is 24.5. The van der Waals surface area contributed by atoms with Crippen molar-refractivity contribution in [3.05, 3.63) is 70.8 Å². The van der Waals surface area contributed by atoms with Gasteiger partial charge in [-0.2, -0.15) is 0 Å². The fourth-order valence-electron chi connectivity index (χ4n) is 6.28. The predicted octanol–water partition coefficient (Wildman–Crippen LogP) is 9.53. The van der Waals surface area contributed by atoms with Crippen molar-refractivity contribution >= 4 is 5.78 Å². The molecule has 2 aromatic carbocycles. The quantitative estimate of drug-likeness (QED) is 0.421. The maximum absolute atomic E-state index is 13.4. The molecular formula is C33H46O. The van der Waals surface area contributed by atoms with Crippen molar-refractivity contribution in [3.8, 4) is 0 Å². The van der Waals surface area contributed by atoms with Gasteiger partial charge >= 0.3 is 0 Å². The van der Waals surface area contributed by atoms with Crippen molar-refractivity contribution in [2.24, 2.45) is 10.8 Å². The van der Waals surface area contributed by atoms with Gasteiger partial charge in [0.05, 0.1) is 0 Å². The molecule has 2 aliphatic rings. The summed E-state index contributed by atoms with van der Waals surface area (Å²) in [4.78, 5) is 13.4. The van der Waals surface area contributed by atoms with Crippen molar-refractivity contribution in [2.75, 3.05) is 0 Å². The zero-order valence-corrected chi connectivity index (χ0v) is 22.5. The molecule has 0 radical (unpaired) electrons. The van der Waals surface area contributed by atoms with Crippen LogP contribution >= 0.6 is 0 Å². The summed E-state index contributed by atoms with van der Waals surface area (Å²) in [5.41, 5.74) is 6.21. The Morgan fingerprint density at radius 1 is 0.618 bits per heavy atom. The van der Waals surface area contributed by atoms with Crippen LogP contribution in [0.3, 0.4) is 0 Å². The van der Waals surface area contributed by atoms with Crippen LogP contribution in [0.1, 0.15) is 139 Å². The highest BCUT2D eigenvalue weighted by Crippen LogP contribution is 2.43. The molecule has 1 heteroatoms. The van der Waals surface area contributed by atoms with Crippen molar-refractivity contribution in [1.82, 2.24) is 0 Å². The summed E-state index contributed by atoms with van der Waals surface area (Å²) in [5, 5.41) is 0. The molecule has 1 nitrogen and oxygen atoms in total. The summed E-state index contributed by atoms with van der Waals surface area (Å²) < 4.78 is 0. The number of benzene rings is 2. The van der Waals surface area contributed by atoms with Gasteiger partial charge in [0.25, 0.3) is 0 Å². The van der Waals surface area contributed by atoms with E-state index in [9.17, 15) is 4.79 Å². The van der Waals surface area contributed by atoms with E-state index in [1.165, 1.54) is 62.5 Å². The van der Waals surface area contributed by atoms with Crippen molar-refractivity contribution in [2.45, 2.75) is 117 Å². The Morgan fingerprint density at radius 3 is 1.21 bits per heavy atom. The van der Waals surface area contributed by atoms with E-state index >= 15 is 0 Å². The van der Waals surface area contributed by atoms with Gasteiger partial charge in [0.1, 0.15) is 5.78 Å². The standard InChI is InChI=1S/C33H46O/c1-23(25-7-11-27(12-8-25)29-15-19-32(3,4)20-16-29)31(34)24(2)26-9-13-28(14-10-26)30-17-21-33(5,6)22-18-30/h7-14,23-24,29-30H,15-22H2,1-6H3. The van der Waals surface area contributed by atoms with E-state index in [2.05, 4.69) is 90.1 Å². The highest BCUT2D eigenvalue weighted by molar-refractivity contribution is 5.91. The lowest BCUT2D eigenvalue weighted by Gasteiger charge is -2.34. The molecule has 2 fully saturated rings. The number of Topliss-reactive ketones (excluding diaryl/α,β-unsaturated/α-hetero) is 1. The molecule has 0 aromatic heterocycles. The largest absolute Gasteiger partial charge is 0.298 e. The van der Waals surface area contributed by atoms with Crippen LogP contribution in [-0.2, 0) is 4.79 Å². The first kappa shape index (κ1) is 25.2. The Labute approximate surface area is 208 Å². The lowest BCUT2D eigenvalue weighted by atomic mass is 9.71. The van der Waals surface area contributed by atoms with Gasteiger partial charge in [-0.05, 0) is 96.3 Å². The summed E-state index contributed by atoms with van der Waals surface area (Å²) in [6.07, 6.45) is 10.4. The van der Waals surface area contributed by atoms with Crippen LogP contribution in [0, 0.1) is 10.8 Å². The molecule has 0 saturated heterocycles. The second-order valence-electron chi connectivity index (χ2n) is 13.1. The third kappa shape index (κ3) is 5.84. The third-order valence-corrected chi connectivity index (χ3v) is 9.35. The zero-order valence-electron chi connectivity index (χ0n) is 22.5. The highest BCUT2D eigenvalue weighted by atomic mass is 16.1. The lowest BCUT2D eigenvalue weighted by Crippen LogP contribution is -2.20. The van der Waals surface area contributed by atoms with Gasteiger partial charge in [0.15, 0.2) is 0 Å². The van der Waals surface area contributed by atoms with Crippen LogP contribution in [0.5, 0.6) is 0 Å². The molecule has 0 aliphatic heterocycles. The van der Waals surface area contributed by atoms with Crippen molar-refractivity contribution in [1.29, 1.82) is 0 Å². The number of hydrogen-bond acceptors (Lipinski definition) is 1. The van der Waals surface area contributed by atoms with E-state index in [0.29, 0.717) is 28.4 Å². The molecule has 2 aliphatic carbocycles. The summed E-state index contributed by atoms with van der Waals surface area (Å²) in [6, 6.07) is 18.0. The van der Waals surface area contributed by atoms with Gasteiger partial charge in [0.2, 0.25) is 0 Å². The third-order valence-electron chi connectivity index (χ3n) is 9.35. The van der Waals surface area contributed by atoms with Gasteiger partial charge < -0.3 is 0 Å². The summed E-state index contributed by atoms with van der Waals surface area (Å²) in [6.45, 7) is 13.7. The van der Waals surface area contributed by atoms with E-state index in [4.69, 9.17) is 0 Å². The number of ketones is 1. The molecule has 4 rings (SSSR count). The summed E-state index contributed by atoms with van der Waals surface area (Å²) in [7, 11) is 0. The van der Waals surface area contributed by atoms with Crippen LogP contribution < -0.4 is 0 Å². The van der Waals surface area contributed by atoms with Gasteiger partial charge in [-0.25, -0.2) is 0 Å². The molecule has 2 saturated carbocycles. The molecule has 0 N–H and O–H groups in total. The average Bonchev–Trinajstić information content (AvgIpc) is 2.83. The minimum absolute atomic E-state index is 0.0745. The average molecular weight is 459 g/mol. The Bertz CT molecular complexity index is 863. The van der Waals surface area contributed by atoms with Crippen molar-refractivity contribution in [3.63, 3.8) is 0 Å². The molecule has 0 spiro atoms. The molecule has 0 amide bonds. The fraction of sp³-hybridized carbons (Fsp3) is 0.606. The van der Waals surface area contributed by atoms with E-state index in [1.54, 1.807) is 0 Å². The molecular weight excluding hydrogens is 412 g/mol. The monoisotopic (exact) mass is 458 g/mol. The molecule has 0 heterocycles. The summed E-state index contributed by atoms with van der Waals surface area (Å²) >= 11 is 0. The summed E-state index contributed by atoms with van der Waals surface area (Å²) in [5.74, 6) is 1.53. The minimum Gasteiger partial charge on any atom is -0.298 e. The van der Waals surface area contributed by atoms with Crippen LogP contribution in [0.2, 0.25) is 0 Å². The van der Waals surface area contributed by atoms with Crippen molar-refractivity contribution < 1.29 is 4.79 Å². The number of hydrogen-bond donors (Lipinski definition) is 0. The van der Waals surface area contributed by atoms with E-state index in [1.807, 2.05) is 0 Å². The maximum atomic E-state index is 13.4. The smallest absolute Gasteiger partial charge is 0.147 e. The van der Waals surface area contributed by atoms with Gasteiger partial charge in [-0.15, -0.1) is 0 Å². The number of carbonyl (C=O) groups is 1. The topological polar surface area (TPSA) is 17.1 Å². The van der Waals surface area contributed by atoms with Gasteiger partial charge in [-0.1, -0.05) is 90.1 Å². The van der Waals surface area contributed by atoms with Gasteiger partial charge in [0, 0.05) is 11.8 Å². The molecule has 34 heavy (non-hydrogen) atoms. The van der Waals surface area contributed by atoms with Crippen LogP contribution in [0.4, 0.5) is 0 Å². The van der Waals surface area contributed by atoms with E-state index in [0.717, 1.165) is 11.1 Å². The predicted molar refractivity (Wildman–Crippen MR) is 145 cm³/mol. The van der Waals surface area contributed by atoms with E-state index in [-0.39, 0.29) is 11.8 Å². The van der Waals surface area contributed by atoms with E-state index < -0.39 is 0 Å². The highest BCUT2D eigenvalue weighted by Gasteiger charge is 2.29. The number of carbonyl (C=O) groups excluding carboxylic acids is 1. The second-order valence-corrected chi connectivity index (χ2v) is 13.1. The normalized spacial score (nSPS) is 22.8. The van der Waals surface area contributed by atoms with Crippen LogP contribution in [0.15, 0.2) is 48.5 Å². The Hall–Kier alpha value is -1.89.